The van der Waals surface area contributed by atoms with E-state index in [1.54, 1.807) is 0 Å². The van der Waals surface area contributed by atoms with Crippen molar-refractivity contribution < 1.29 is 9.53 Å². The zero-order chi connectivity index (χ0) is 8.81. The molecule has 0 aromatic carbocycles. The average molecular weight is 168 g/mol. The van der Waals surface area contributed by atoms with E-state index in [1.807, 2.05) is 6.08 Å². The maximum Gasteiger partial charge on any atom is 0.135 e. The van der Waals surface area contributed by atoms with Crippen LogP contribution in [0.3, 0.4) is 0 Å². The van der Waals surface area contributed by atoms with Gasteiger partial charge in [-0.05, 0) is 19.3 Å². The van der Waals surface area contributed by atoms with Crippen molar-refractivity contribution in [2.24, 2.45) is 0 Å². The van der Waals surface area contributed by atoms with Gasteiger partial charge < -0.3 is 4.74 Å². The molecule has 1 fully saturated rings. The van der Waals surface area contributed by atoms with Gasteiger partial charge in [-0.15, -0.1) is 6.58 Å². The molecule has 0 spiro atoms. The molecule has 0 aromatic heterocycles. The molecule has 2 nitrogen and oxygen atoms in total. The van der Waals surface area contributed by atoms with E-state index in [2.05, 4.69) is 6.58 Å². The highest BCUT2D eigenvalue weighted by Gasteiger charge is 2.21. The minimum Gasteiger partial charge on any atom is -0.378 e. The van der Waals surface area contributed by atoms with E-state index < -0.39 is 0 Å². The van der Waals surface area contributed by atoms with E-state index in [4.69, 9.17) is 4.74 Å². The molecule has 0 aromatic rings. The summed E-state index contributed by atoms with van der Waals surface area (Å²) in [7, 11) is 0. The van der Waals surface area contributed by atoms with Crippen molar-refractivity contribution in [3.05, 3.63) is 12.7 Å². The zero-order valence-electron chi connectivity index (χ0n) is 7.42. The lowest BCUT2D eigenvalue weighted by molar-refractivity contribution is -0.118. The second-order valence-corrected chi connectivity index (χ2v) is 3.21. The van der Waals surface area contributed by atoms with Gasteiger partial charge >= 0.3 is 0 Å². The van der Waals surface area contributed by atoms with E-state index >= 15 is 0 Å². The number of Topliss-reactive ketones (excluding diaryl/α,β-unsaturated/α-hetero) is 1. The van der Waals surface area contributed by atoms with Gasteiger partial charge in [-0.2, -0.15) is 0 Å². The first kappa shape index (κ1) is 9.46. The molecule has 1 unspecified atom stereocenters. The van der Waals surface area contributed by atoms with Gasteiger partial charge in [0.15, 0.2) is 0 Å². The number of ketones is 1. The molecule has 0 bridgehead atoms. The molecule has 68 valence electrons. The van der Waals surface area contributed by atoms with Gasteiger partial charge in [0.2, 0.25) is 0 Å². The van der Waals surface area contributed by atoms with Crippen LogP contribution in [0.4, 0.5) is 0 Å². The van der Waals surface area contributed by atoms with Crippen LogP contribution in [0.2, 0.25) is 0 Å². The first-order chi connectivity index (χ1) is 5.83. The van der Waals surface area contributed by atoms with Crippen molar-refractivity contribution in [1.82, 2.24) is 0 Å². The highest BCUT2D eigenvalue weighted by Crippen LogP contribution is 2.18. The molecular weight excluding hydrogens is 152 g/mol. The molecule has 0 amide bonds. The average Bonchev–Trinajstić information content (AvgIpc) is 2.45. The number of hydrogen-bond acceptors (Lipinski definition) is 2. The number of carbonyl (C=O) groups is 1. The van der Waals surface area contributed by atoms with Crippen LogP contribution in [0.25, 0.3) is 0 Å². The molecular formula is C10H16O2. The van der Waals surface area contributed by atoms with Crippen molar-refractivity contribution in [2.45, 2.75) is 38.2 Å². The van der Waals surface area contributed by atoms with Crippen LogP contribution in [0, 0.1) is 0 Å². The Morgan fingerprint density at radius 2 is 2.50 bits per heavy atom. The lowest BCUT2D eigenvalue weighted by atomic mass is 10.3. The molecule has 0 heterocycles. The molecule has 0 N–H and O–H groups in total. The monoisotopic (exact) mass is 168 g/mol. The van der Waals surface area contributed by atoms with E-state index in [-0.39, 0.29) is 6.10 Å². The SMILES string of the molecule is C=CCCCOC1CCC(=O)C1. The van der Waals surface area contributed by atoms with Crippen molar-refractivity contribution in [3.63, 3.8) is 0 Å². The number of carbonyl (C=O) groups excluding carboxylic acids is 1. The Hall–Kier alpha value is -0.630. The summed E-state index contributed by atoms with van der Waals surface area (Å²) in [6.45, 7) is 4.40. The van der Waals surface area contributed by atoms with Gasteiger partial charge in [-0.25, -0.2) is 0 Å². The Bertz CT molecular complexity index is 163. The molecule has 1 saturated carbocycles. The summed E-state index contributed by atoms with van der Waals surface area (Å²) in [5, 5.41) is 0. The quantitative estimate of drug-likeness (QED) is 0.464. The Balaban J connectivity index is 2.00. The fraction of sp³-hybridized carbons (Fsp3) is 0.700. The van der Waals surface area contributed by atoms with Crippen LogP contribution in [0.5, 0.6) is 0 Å². The molecule has 1 atom stereocenters. The summed E-state index contributed by atoms with van der Waals surface area (Å²) < 4.78 is 5.51. The van der Waals surface area contributed by atoms with Gasteiger partial charge in [-0.3, -0.25) is 4.79 Å². The number of hydrogen-bond donors (Lipinski definition) is 0. The first-order valence-electron chi connectivity index (χ1n) is 4.57. The lowest BCUT2D eigenvalue weighted by Crippen LogP contribution is -2.09. The lowest BCUT2D eigenvalue weighted by Gasteiger charge is -2.08. The minimum atomic E-state index is 0.210. The van der Waals surface area contributed by atoms with Gasteiger partial charge in [0.1, 0.15) is 5.78 Å². The van der Waals surface area contributed by atoms with Crippen LogP contribution in [0.15, 0.2) is 12.7 Å². The smallest absolute Gasteiger partial charge is 0.135 e. The van der Waals surface area contributed by atoms with E-state index in [0.717, 1.165) is 25.9 Å². The third-order valence-corrected chi connectivity index (χ3v) is 2.11. The topological polar surface area (TPSA) is 26.3 Å². The zero-order valence-corrected chi connectivity index (χ0v) is 7.42. The minimum absolute atomic E-state index is 0.210. The molecule has 1 rings (SSSR count). The number of ether oxygens (including phenoxy) is 1. The van der Waals surface area contributed by atoms with Crippen molar-refractivity contribution in [2.75, 3.05) is 6.61 Å². The Labute approximate surface area is 73.6 Å². The molecule has 0 aliphatic heterocycles. The summed E-state index contributed by atoms with van der Waals surface area (Å²) in [6.07, 6.45) is 6.40. The third kappa shape index (κ3) is 3.18. The predicted octanol–water partition coefficient (Wildman–Crippen LogP) is 2.09. The van der Waals surface area contributed by atoms with Crippen LogP contribution in [-0.4, -0.2) is 18.5 Å². The maximum absolute atomic E-state index is 10.8. The number of rotatable bonds is 5. The first-order valence-corrected chi connectivity index (χ1v) is 4.57. The largest absolute Gasteiger partial charge is 0.378 e. The summed E-state index contributed by atoms with van der Waals surface area (Å²) >= 11 is 0. The molecule has 12 heavy (non-hydrogen) atoms. The van der Waals surface area contributed by atoms with Crippen LogP contribution in [0.1, 0.15) is 32.1 Å². The Morgan fingerprint density at radius 1 is 1.67 bits per heavy atom. The Kier molecular flexibility index (Phi) is 4.01. The third-order valence-electron chi connectivity index (χ3n) is 2.11. The van der Waals surface area contributed by atoms with Crippen LogP contribution in [-0.2, 0) is 9.53 Å². The Morgan fingerprint density at radius 3 is 3.08 bits per heavy atom. The number of unbranched alkanes of at least 4 members (excludes halogenated alkanes) is 1. The van der Waals surface area contributed by atoms with Gasteiger partial charge in [-0.1, -0.05) is 6.08 Å². The van der Waals surface area contributed by atoms with Crippen molar-refractivity contribution >= 4 is 5.78 Å². The van der Waals surface area contributed by atoms with Crippen LogP contribution < -0.4 is 0 Å². The fourth-order valence-electron chi connectivity index (χ4n) is 1.40. The molecule has 0 saturated heterocycles. The van der Waals surface area contributed by atoms with E-state index in [9.17, 15) is 4.79 Å². The fourth-order valence-corrected chi connectivity index (χ4v) is 1.40. The van der Waals surface area contributed by atoms with Crippen LogP contribution >= 0.6 is 0 Å². The standard InChI is InChI=1S/C10H16O2/c1-2-3-4-7-12-10-6-5-9(11)8-10/h2,10H,1,3-8H2. The van der Waals surface area contributed by atoms with Gasteiger partial charge in [0, 0.05) is 19.4 Å². The molecule has 0 radical (unpaired) electrons. The van der Waals surface area contributed by atoms with Crippen molar-refractivity contribution in [1.29, 1.82) is 0 Å². The highest BCUT2D eigenvalue weighted by atomic mass is 16.5. The van der Waals surface area contributed by atoms with Gasteiger partial charge in [0.05, 0.1) is 6.10 Å². The van der Waals surface area contributed by atoms with E-state index in [0.29, 0.717) is 18.6 Å². The van der Waals surface area contributed by atoms with Crippen molar-refractivity contribution in [3.8, 4) is 0 Å². The molecule has 1 aliphatic carbocycles. The maximum atomic E-state index is 10.8. The van der Waals surface area contributed by atoms with Gasteiger partial charge in [0.25, 0.3) is 0 Å². The van der Waals surface area contributed by atoms with E-state index in [1.165, 1.54) is 0 Å². The second-order valence-electron chi connectivity index (χ2n) is 3.21. The highest BCUT2D eigenvalue weighted by molar-refractivity contribution is 5.81. The molecule has 2 heteroatoms. The number of allylic oxidation sites excluding steroid dienone is 1. The summed E-state index contributed by atoms with van der Waals surface area (Å²) in [4.78, 5) is 10.8. The second kappa shape index (κ2) is 5.09. The predicted molar refractivity (Wildman–Crippen MR) is 48.0 cm³/mol. The molecule has 1 aliphatic rings. The summed E-state index contributed by atoms with van der Waals surface area (Å²) in [6, 6.07) is 0. The normalized spacial score (nSPS) is 23.0. The summed E-state index contributed by atoms with van der Waals surface area (Å²) in [5.74, 6) is 0.351. The summed E-state index contributed by atoms with van der Waals surface area (Å²) in [5.41, 5.74) is 0.